The first-order chi connectivity index (χ1) is 8.79. The number of rotatable bonds is 9. The molecule has 0 saturated heterocycles. The van der Waals surface area contributed by atoms with Crippen molar-refractivity contribution in [3.63, 3.8) is 0 Å². The number of para-hydroxylation sites is 2. The highest BCUT2D eigenvalue weighted by molar-refractivity contribution is 5.57. The molecular formula is C14H24N2O2. The highest BCUT2D eigenvalue weighted by atomic mass is 16.5. The van der Waals surface area contributed by atoms with E-state index in [1.54, 1.807) is 7.11 Å². The second kappa shape index (κ2) is 8.78. The van der Waals surface area contributed by atoms with Crippen molar-refractivity contribution >= 4 is 5.69 Å². The van der Waals surface area contributed by atoms with Crippen LogP contribution in [-0.4, -0.2) is 47.5 Å². The minimum Gasteiger partial charge on any atom is -0.489 e. The Morgan fingerprint density at radius 1 is 1.22 bits per heavy atom. The first-order valence-electron chi connectivity index (χ1n) is 6.36. The first-order valence-corrected chi connectivity index (χ1v) is 6.36. The van der Waals surface area contributed by atoms with Crippen LogP contribution in [0.3, 0.4) is 0 Å². The summed E-state index contributed by atoms with van der Waals surface area (Å²) in [6.07, 6.45) is 1.11. The summed E-state index contributed by atoms with van der Waals surface area (Å²) in [6, 6.07) is 8.11. The van der Waals surface area contributed by atoms with Gasteiger partial charge in [-0.2, -0.15) is 0 Å². The third-order valence-corrected chi connectivity index (χ3v) is 2.74. The topological polar surface area (TPSA) is 33.7 Å². The molecule has 0 saturated carbocycles. The number of nitrogens with one attached hydrogen (secondary N) is 1. The summed E-state index contributed by atoms with van der Waals surface area (Å²) in [6.45, 7) is 3.22. The molecular weight excluding hydrogens is 228 g/mol. The molecule has 18 heavy (non-hydrogen) atoms. The summed E-state index contributed by atoms with van der Waals surface area (Å²) in [4.78, 5) is 2.22. The molecule has 0 amide bonds. The highest BCUT2D eigenvalue weighted by Gasteiger charge is 2.07. The third kappa shape index (κ3) is 4.94. The van der Waals surface area contributed by atoms with Crippen molar-refractivity contribution < 1.29 is 9.47 Å². The van der Waals surface area contributed by atoms with Crippen molar-refractivity contribution in [2.75, 3.05) is 52.4 Å². The van der Waals surface area contributed by atoms with Gasteiger partial charge in [-0.05, 0) is 32.1 Å². The van der Waals surface area contributed by atoms with Crippen LogP contribution in [0, 0.1) is 0 Å². The molecule has 102 valence electrons. The van der Waals surface area contributed by atoms with E-state index in [9.17, 15) is 0 Å². The zero-order valence-electron chi connectivity index (χ0n) is 11.6. The van der Waals surface area contributed by atoms with Gasteiger partial charge in [-0.1, -0.05) is 12.1 Å². The molecule has 1 aromatic carbocycles. The van der Waals surface area contributed by atoms with Crippen molar-refractivity contribution in [1.29, 1.82) is 0 Å². The van der Waals surface area contributed by atoms with Crippen LogP contribution in [0.1, 0.15) is 6.42 Å². The fourth-order valence-corrected chi connectivity index (χ4v) is 1.74. The van der Waals surface area contributed by atoms with E-state index in [0.29, 0.717) is 13.2 Å². The van der Waals surface area contributed by atoms with Gasteiger partial charge in [0.15, 0.2) is 0 Å². The lowest BCUT2D eigenvalue weighted by Gasteiger charge is -2.22. The van der Waals surface area contributed by atoms with Crippen molar-refractivity contribution in [2.24, 2.45) is 0 Å². The Morgan fingerprint density at radius 2 is 2.00 bits per heavy atom. The standard InChI is InChI=1S/C14H24N2O2/c1-15-9-6-10-16(2)13-7-4-5-8-14(13)18-12-11-17-3/h4-5,7-8,15H,6,9-12H2,1-3H3. The van der Waals surface area contributed by atoms with Gasteiger partial charge in [-0.15, -0.1) is 0 Å². The van der Waals surface area contributed by atoms with Gasteiger partial charge in [0.05, 0.1) is 12.3 Å². The summed E-state index contributed by atoms with van der Waals surface area (Å²) < 4.78 is 10.7. The smallest absolute Gasteiger partial charge is 0.142 e. The van der Waals surface area contributed by atoms with Gasteiger partial charge in [0.25, 0.3) is 0 Å². The van der Waals surface area contributed by atoms with E-state index < -0.39 is 0 Å². The van der Waals surface area contributed by atoms with Crippen molar-refractivity contribution in [3.05, 3.63) is 24.3 Å². The van der Waals surface area contributed by atoms with E-state index in [1.807, 2.05) is 25.2 Å². The van der Waals surface area contributed by atoms with Crippen molar-refractivity contribution in [1.82, 2.24) is 5.32 Å². The van der Waals surface area contributed by atoms with Gasteiger partial charge in [0.1, 0.15) is 12.4 Å². The zero-order valence-corrected chi connectivity index (χ0v) is 11.6. The molecule has 0 aromatic heterocycles. The van der Waals surface area contributed by atoms with E-state index in [-0.39, 0.29) is 0 Å². The average molecular weight is 252 g/mol. The van der Waals surface area contributed by atoms with Crippen LogP contribution in [0.4, 0.5) is 5.69 Å². The second-order valence-corrected chi connectivity index (χ2v) is 4.19. The maximum Gasteiger partial charge on any atom is 0.142 e. The molecule has 0 atom stereocenters. The maximum absolute atomic E-state index is 5.72. The van der Waals surface area contributed by atoms with E-state index in [2.05, 4.69) is 23.3 Å². The summed E-state index contributed by atoms with van der Waals surface area (Å²) in [5, 5.41) is 3.16. The van der Waals surface area contributed by atoms with Crippen LogP contribution in [0.25, 0.3) is 0 Å². The van der Waals surface area contributed by atoms with Crippen LogP contribution in [0.15, 0.2) is 24.3 Å². The molecule has 0 bridgehead atoms. The Morgan fingerprint density at radius 3 is 2.72 bits per heavy atom. The second-order valence-electron chi connectivity index (χ2n) is 4.19. The summed E-state index contributed by atoms with van der Waals surface area (Å²) >= 11 is 0. The number of hydrogen-bond donors (Lipinski definition) is 1. The van der Waals surface area contributed by atoms with Crippen LogP contribution in [0.2, 0.25) is 0 Å². The minimum absolute atomic E-state index is 0.581. The summed E-state index contributed by atoms with van der Waals surface area (Å²) in [7, 11) is 5.75. The number of methoxy groups -OCH3 is 1. The molecule has 0 aliphatic heterocycles. The molecule has 1 rings (SSSR count). The molecule has 4 nitrogen and oxygen atoms in total. The van der Waals surface area contributed by atoms with Crippen LogP contribution in [-0.2, 0) is 4.74 Å². The first kappa shape index (κ1) is 14.8. The lowest BCUT2D eigenvalue weighted by Crippen LogP contribution is -2.23. The lowest BCUT2D eigenvalue weighted by atomic mass is 10.2. The fraction of sp³-hybridized carbons (Fsp3) is 0.571. The molecule has 4 heteroatoms. The van der Waals surface area contributed by atoms with Gasteiger partial charge < -0.3 is 19.7 Å². The van der Waals surface area contributed by atoms with E-state index in [1.165, 1.54) is 0 Å². The van der Waals surface area contributed by atoms with Gasteiger partial charge in [0.2, 0.25) is 0 Å². The Kier molecular flexibility index (Phi) is 7.22. The molecule has 0 heterocycles. The molecule has 0 aliphatic rings. The monoisotopic (exact) mass is 252 g/mol. The lowest BCUT2D eigenvalue weighted by molar-refractivity contribution is 0.146. The highest BCUT2D eigenvalue weighted by Crippen LogP contribution is 2.26. The number of ether oxygens (including phenoxy) is 2. The molecule has 0 aliphatic carbocycles. The SMILES string of the molecule is CNCCCN(C)c1ccccc1OCCOC. The van der Waals surface area contributed by atoms with Crippen LogP contribution in [0.5, 0.6) is 5.75 Å². The number of hydrogen-bond acceptors (Lipinski definition) is 4. The van der Waals surface area contributed by atoms with Crippen molar-refractivity contribution in [3.8, 4) is 5.75 Å². The molecule has 1 N–H and O–H groups in total. The Balaban J connectivity index is 2.56. The van der Waals surface area contributed by atoms with Gasteiger partial charge in [0, 0.05) is 20.7 Å². The molecule has 1 aromatic rings. The largest absolute Gasteiger partial charge is 0.489 e. The predicted molar refractivity (Wildman–Crippen MR) is 75.6 cm³/mol. The maximum atomic E-state index is 5.72. The quantitative estimate of drug-likeness (QED) is 0.679. The summed E-state index contributed by atoms with van der Waals surface area (Å²) in [5.41, 5.74) is 1.13. The normalized spacial score (nSPS) is 10.4. The number of nitrogens with zero attached hydrogens (tertiary/aromatic N) is 1. The molecule has 0 fully saturated rings. The predicted octanol–water partition coefficient (Wildman–Crippen LogP) is 1.76. The van der Waals surface area contributed by atoms with Gasteiger partial charge in [-0.25, -0.2) is 0 Å². The van der Waals surface area contributed by atoms with Gasteiger partial charge >= 0.3 is 0 Å². The molecule has 0 unspecified atom stereocenters. The van der Waals surface area contributed by atoms with Gasteiger partial charge in [-0.3, -0.25) is 0 Å². The van der Waals surface area contributed by atoms with E-state index in [4.69, 9.17) is 9.47 Å². The number of benzene rings is 1. The number of anilines is 1. The third-order valence-electron chi connectivity index (χ3n) is 2.74. The van der Waals surface area contributed by atoms with E-state index >= 15 is 0 Å². The Hall–Kier alpha value is -1.26. The van der Waals surface area contributed by atoms with E-state index in [0.717, 1.165) is 30.9 Å². The van der Waals surface area contributed by atoms with Crippen LogP contribution < -0.4 is 15.0 Å². The Bertz CT molecular complexity index is 331. The zero-order chi connectivity index (χ0) is 13.2. The Labute approximate surface area is 110 Å². The molecule has 0 radical (unpaired) electrons. The summed E-state index contributed by atoms with van der Waals surface area (Å²) in [5.74, 6) is 0.918. The fourth-order valence-electron chi connectivity index (χ4n) is 1.74. The minimum atomic E-state index is 0.581. The van der Waals surface area contributed by atoms with Crippen molar-refractivity contribution in [2.45, 2.75) is 6.42 Å². The van der Waals surface area contributed by atoms with Crippen LogP contribution >= 0.6 is 0 Å². The average Bonchev–Trinajstić information content (AvgIpc) is 2.40. The molecule has 0 spiro atoms.